The van der Waals surface area contributed by atoms with E-state index in [9.17, 15) is 0 Å². The van der Waals surface area contributed by atoms with Crippen molar-refractivity contribution in [1.29, 1.82) is 0 Å². The summed E-state index contributed by atoms with van der Waals surface area (Å²) in [6.07, 6.45) is 0. The number of hydrogen-bond donors (Lipinski definition) is 1. The molecule has 0 bridgehead atoms. The van der Waals surface area contributed by atoms with E-state index in [1.54, 1.807) is 7.11 Å². The van der Waals surface area contributed by atoms with Crippen molar-refractivity contribution in [2.45, 2.75) is 33.4 Å². The number of benzene rings is 2. The minimum Gasteiger partial charge on any atom is -0.497 e. The Bertz CT molecular complexity index is 575. The molecule has 0 radical (unpaired) electrons. The maximum absolute atomic E-state index is 5.26. The summed E-state index contributed by atoms with van der Waals surface area (Å²) < 4.78 is 5.26. The summed E-state index contributed by atoms with van der Waals surface area (Å²) in [4.78, 5) is 0. The largest absolute Gasteiger partial charge is 0.497 e. The van der Waals surface area contributed by atoms with E-state index < -0.39 is 0 Å². The Labute approximate surface area is 121 Å². The van der Waals surface area contributed by atoms with Crippen LogP contribution in [0.1, 0.15) is 25.0 Å². The van der Waals surface area contributed by atoms with Crippen LogP contribution < -0.4 is 10.1 Å². The Morgan fingerprint density at radius 1 is 1.10 bits per heavy atom. The lowest BCUT2D eigenvalue weighted by atomic mass is 9.98. The van der Waals surface area contributed by atoms with Crippen LogP contribution >= 0.6 is 0 Å². The average Bonchev–Trinajstić information content (AvgIpc) is 2.45. The van der Waals surface area contributed by atoms with Crippen molar-refractivity contribution < 1.29 is 4.74 Å². The molecule has 0 aromatic heterocycles. The molecule has 0 atom stereocenters. The summed E-state index contributed by atoms with van der Waals surface area (Å²) in [6.45, 7) is 7.35. The second-order valence-electron chi connectivity index (χ2n) is 5.42. The molecule has 0 aliphatic carbocycles. The van der Waals surface area contributed by atoms with Gasteiger partial charge in [0.25, 0.3) is 0 Å². The summed E-state index contributed by atoms with van der Waals surface area (Å²) in [5.74, 6) is 0.906. The Hall–Kier alpha value is -1.80. The first-order chi connectivity index (χ1) is 9.60. The van der Waals surface area contributed by atoms with Gasteiger partial charge in [-0.05, 0) is 47.4 Å². The zero-order valence-electron chi connectivity index (χ0n) is 12.7. The van der Waals surface area contributed by atoms with Crippen LogP contribution in [0, 0.1) is 6.92 Å². The Morgan fingerprint density at radius 3 is 2.55 bits per heavy atom. The lowest BCUT2D eigenvalue weighted by Crippen LogP contribution is -2.21. The molecule has 0 unspecified atom stereocenters. The van der Waals surface area contributed by atoms with Crippen molar-refractivity contribution in [2.75, 3.05) is 7.11 Å². The van der Waals surface area contributed by atoms with Crippen LogP contribution in [-0.2, 0) is 6.54 Å². The summed E-state index contributed by atoms with van der Waals surface area (Å²) >= 11 is 0. The van der Waals surface area contributed by atoms with E-state index in [1.807, 2.05) is 6.07 Å². The topological polar surface area (TPSA) is 21.3 Å². The molecular formula is C18H23NO. The van der Waals surface area contributed by atoms with E-state index in [4.69, 9.17) is 4.74 Å². The maximum Gasteiger partial charge on any atom is 0.119 e. The Kier molecular flexibility index (Phi) is 4.80. The SMILES string of the molecule is COc1ccc(-c2cccc(CNC(C)C)c2)c(C)c1. The van der Waals surface area contributed by atoms with Crippen LogP contribution in [0.5, 0.6) is 5.75 Å². The van der Waals surface area contributed by atoms with Crippen LogP contribution in [0.15, 0.2) is 42.5 Å². The summed E-state index contributed by atoms with van der Waals surface area (Å²) in [6, 6.07) is 15.4. The minimum atomic E-state index is 0.501. The van der Waals surface area contributed by atoms with Crippen molar-refractivity contribution in [3.63, 3.8) is 0 Å². The predicted molar refractivity (Wildman–Crippen MR) is 85.1 cm³/mol. The number of aryl methyl sites for hydroxylation is 1. The van der Waals surface area contributed by atoms with Gasteiger partial charge in [-0.2, -0.15) is 0 Å². The third-order valence-electron chi connectivity index (χ3n) is 3.39. The number of ether oxygens (including phenoxy) is 1. The standard InChI is InChI=1S/C18H23NO/c1-13(2)19-12-15-6-5-7-16(11-15)18-9-8-17(20-4)10-14(18)3/h5-11,13,19H,12H2,1-4H3. The molecule has 2 nitrogen and oxygen atoms in total. The molecule has 2 heteroatoms. The fraction of sp³-hybridized carbons (Fsp3) is 0.333. The van der Waals surface area contributed by atoms with Crippen LogP contribution in [0.3, 0.4) is 0 Å². The fourth-order valence-electron chi connectivity index (χ4n) is 2.26. The zero-order valence-corrected chi connectivity index (χ0v) is 12.7. The number of nitrogens with one attached hydrogen (secondary N) is 1. The second kappa shape index (κ2) is 6.58. The first-order valence-electron chi connectivity index (χ1n) is 7.07. The highest BCUT2D eigenvalue weighted by atomic mass is 16.5. The third-order valence-corrected chi connectivity index (χ3v) is 3.39. The monoisotopic (exact) mass is 269 g/mol. The van der Waals surface area contributed by atoms with Gasteiger partial charge in [0, 0.05) is 12.6 Å². The van der Waals surface area contributed by atoms with Crippen LogP contribution in [-0.4, -0.2) is 13.2 Å². The first kappa shape index (κ1) is 14.6. The first-order valence-corrected chi connectivity index (χ1v) is 7.07. The van der Waals surface area contributed by atoms with E-state index >= 15 is 0 Å². The summed E-state index contributed by atoms with van der Waals surface area (Å²) in [5, 5.41) is 3.45. The molecule has 0 amide bonds. The number of hydrogen-bond acceptors (Lipinski definition) is 2. The molecule has 0 aliphatic heterocycles. The molecule has 0 fully saturated rings. The van der Waals surface area contributed by atoms with Crippen LogP contribution in [0.2, 0.25) is 0 Å². The Morgan fingerprint density at radius 2 is 1.90 bits per heavy atom. The van der Waals surface area contributed by atoms with Gasteiger partial charge >= 0.3 is 0 Å². The van der Waals surface area contributed by atoms with Gasteiger partial charge in [0.2, 0.25) is 0 Å². The number of methoxy groups -OCH3 is 1. The molecule has 2 aromatic rings. The quantitative estimate of drug-likeness (QED) is 0.879. The van der Waals surface area contributed by atoms with E-state index in [-0.39, 0.29) is 0 Å². The average molecular weight is 269 g/mol. The van der Waals surface area contributed by atoms with Gasteiger partial charge in [0.15, 0.2) is 0 Å². The molecule has 0 heterocycles. The van der Waals surface area contributed by atoms with Gasteiger partial charge in [-0.3, -0.25) is 0 Å². The number of rotatable bonds is 5. The zero-order chi connectivity index (χ0) is 14.5. The van der Waals surface area contributed by atoms with Gasteiger partial charge in [-0.15, -0.1) is 0 Å². The second-order valence-corrected chi connectivity index (χ2v) is 5.42. The minimum absolute atomic E-state index is 0.501. The van der Waals surface area contributed by atoms with Crippen LogP contribution in [0.25, 0.3) is 11.1 Å². The highest BCUT2D eigenvalue weighted by Gasteiger charge is 2.04. The molecule has 0 saturated carbocycles. The fourth-order valence-corrected chi connectivity index (χ4v) is 2.26. The highest BCUT2D eigenvalue weighted by Crippen LogP contribution is 2.27. The molecule has 0 spiro atoms. The molecule has 2 rings (SSSR count). The molecule has 1 N–H and O–H groups in total. The van der Waals surface area contributed by atoms with E-state index in [2.05, 4.69) is 62.5 Å². The molecule has 0 saturated heterocycles. The molecule has 106 valence electrons. The van der Waals surface area contributed by atoms with E-state index in [1.165, 1.54) is 22.3 Å². The van der Waals surface area contributed by atoms with Crippen LogP contribution in [0.4, 0.5) is 0 Å². The molecule has 2 aromatic carbocycles. The van der Waals surface area contributed by atoms with Crippen molar-refractivity contribution in [3.05, 3.63) is 53.6 Å². The van der Waals surface area contributed by atoms with E-state index in [0.29, 0.717) is 6.04 Å². The van der Waals surface area contributed by atoms with Gasteiger partial charge < -0.3 is 10.1 Å². The smallest absolute Gasteiger partial charge is 0.119 e. The molecule has 20 heavy (non-hydrogen) atoms. The summed E-state index contributed by atoms with van der Waals surface area (Å²) in [5.41, 5.74) is 5.06. The van der Waals surface area contributed by atoms with Crippen molar-refractivity contribution >= 4 is 0 Å². The van der Waals surface area contributed by atoms with Gasteiger partial charge in [-0.25, -0.2) is 0 Å². The summed E-state index contributed by atoms with van der Waals surface area (Å²) in [7, 11) is 1.70. The lowest BCUT2D eigenvalue weighted by Gasteiger charge is -2.11. The molecule has 0 aliphatic rings. The van der Waals surface area contributed by atoms with Gasteiger partial charge in [0.05, 0.1) is 7.11 Å². The third kappa shape index (κ3) is 3.61. The normalized spacial score (nSPS) is 10.8. The lowest BCUT2D eigenvalue weighted by molar-refractivity contribution is 0.414. The van der Waals surface area contributed by atoms with Crippen molar-refractivity contribution in [2.24, 2.45) is 0 Å². The van der Waals surface area contributed by atoms with Crippen molar-refractivity contribution in [3.8, 4) is 16.9 Å². The highest BCUT2D eigenvalue weighted by molar-refractivity contribution is 5.68. The van der Waals surface area contributed by atoms with E-state index in [0.717, 1.165) is 12.3 Å². The van der Waals surface area contributed by atoms with Crippen molar-refractivity contribution in [1.82, 2.24) is 5.32 Å². The van der Waals surface area contributed by atoms with Gasteiger partial charge in [-0.1, -0.05) is 38.1 Å². The Balaban J connectivity index is 2.26. The maximum atomic E-state index is 5.26. The van der Waals surface area contributed by atoms with Gasteiger partial charge in [0.1, 0.15) is 5.75 Å². The molecular weight excluding hydrogens is 246 g/mol. The predicted octanol–water partition coefficient (Wildman–Crippen LogP) is 4.17.